The summed E-state index contributed by atoms with van der Waals surface area (Å²) in [7, 11) is 0. The van der Waals surface area contributed by atoms with Crippen molar-refractivity contribution in [2.75, 3.05) is 0 Å². The number of aromatic hydroxyl groups is 1. The standard InChI is InChI=1S/C60H57N3O/c1-58(2,3)46-28-29-53(49(36-46)41-24-17-12-18-25-41)63-54-27-19-26-48(55(54)62-57(63)50-37-47(59(4,5)6)38-51(56(50)64)60(7,8)9)44-32-43(40-22-15-11-16-23-40)33-45(34-44)52-35-42(30-31-61-52)39-20-13-10-14-21-39/h10-38,64H,1-9H3/i1D3,2D3,3D3,4D3,5D3,6D3,7D3,8D3,9D3. The van der Waals surface area contributed by atoms with Crippen LogP contribution in [-0.2, 0) is 16.2 Å². The summed E-state index contributed by atoms with van der Waals surface area (Å²) in [6.45, 7) is -36.9. The Morgan fingerprint density at radius 1 is 0.453 bits per heavy atom. The molecule has 0 fully saturated rings. The molecule has 9 aromatic rings. The number of hydrogen-bond donors (Lipinski definition) is 1. The third kappa shape index (κ3) is 8.17. The quantitative estimate of drug-likeness (QED) is 0.174. The first kappa shape index (κ1) is 21.1. The van der Waals surface area contributed by atoms with Crippen molar-refractivity contribution in [3.63, 3.8) is 0 Å². The molecule has 0 saturated carbocycles. The van der Waals surface area contributed by atoms with Crippen molar-refractivity contribution in [3.8, 4) is 78.6 Å². The number of aromatic nitrogens is 3. The van der Waals surface area contributed by atoms with Crippen LogP contribution in [0.5, 0.6) is 5.75 Å². The third-order valence-electron chi connectivity index (χ3n) is 11.1. The lowest BCUT2D eigenvalue weighted by atomic mass is 9.79. The molecule has 0 aliphatic carbocycles. The Morgan fingerprint density at radius 3 is 1.72 bits per heavy atom. The lowest BCUT2D eigenvalue weighted by Crippen LogP contribution is -2.17. The number of fused-ring (bicyclic) bond motifs is 1. The van der Waals surface area contributed by atoms with Crippen molar-refractivity contribution in [3.05, 3.63) is 193 Å². The maximum Gasteiger partial charge on any atom is 0.149 e. The molecular formula is C60H57N3O. The van der Waals surface area contributed by atoms with Crippen molar-refractivity contribution >= 4 is 11.0 Å². The first-order valence-electron chi connectivity index (χ1n) is 33.6. The Labute approximate surface area is 416 Å². The van der Waals surface area contributed by atoms with Crippen molar-refractivity contribution in [1.82, 2.24) is 14.5 Å². The maximum atomic E-state index is 13.2. The van der Waals surface area contributed by atoms with Gasteiger partial charge >= 0.3 is 0 Å². The van der Waals surface area contributed by atoms with E-state index in [-0.39, 0.29) is 39.5 Å². The fourth-order valence-electron chi connectivity index (χ4n) is 8.00. The first-order chi connectivity index (χ1) is 41.8. The van der Waals surface area contributed by atoms with Gasteiger partial charge in [0.15, 0.2) is 0 Å². The predicted molar refractivity (Wildman–Crippen MR) is 269 cm³/mol. The zero-order valence-electron chi connectivity index (χ0n) is 61.0. The van der Waals surface area contributed by atoms with E-state index in [1.165, 1.54) is 36.4 Å². The summed E-state index contributed by atoms with van der Waals surface area (Å²) in [5, 5.41) is 13.2. The summed E-state index contributed by atoms with van der Waals surface area (Å²) in [5.41, 5.74) is -12.8. The van der Waals surface area contributed by atoms with E-state index in [0.29, 0.717) is 28.5 Å². The highest BCUT2D eigenvalue weighted by Gasteiger charge is 2.30. The number of benzene rings is 7. The maximum absolute atomic E-state index is 13.2. The fourth-order valence-corrected chi connectivity index (χ4v) is 8.00. The van der Waals surface area contributed by atoms with Gasteiger partial charge in [-0.1, -0.05) is 177 Å². The van der Waals surface area contributed by atoms with E-state index in [1.807, 2.05) is 78.9 Å². The molecule has 1 N–H and O–H groups in total. The zero-order chi connectivity index (χ0) is 67.5. The molecule has 7 aromatic carbocycles. The van der Waals surface area contributed by atoms with Crippen molar-refractivity contribution in [2.45, 2.75) is 77.9 Å². The van der Waals surface area contributed by atoms with E-state index >= 15 is 0 Å². The van der Waals surface area contributed by atoms with Gasteiger partial charge in [0.05, 0.1) is 28.0 Å². The second-order valence-corrected chi connectivity index (χ2v) is 15.7. The van der Waals surface area contributed by atoms with Gasteiger partial charge in [0.1, 0.15) is 11.6 Å². The van der Waals surface area contributed by atoms with E-state index in [4.69, 9.17) is 47.0 Å². The SMILES string of the molecule is [2H]C([2H])([2H])C(c1ccc(-n2c(-c3cc(C(C([2H])([2H])[2H])(C([2H])([2H])[2H])C([2H])([2H])[2H])cc(C(C([2H])([2H])[2H])(C([2H])([2H])[2H])C([2H])([2H])[2H])c3O)nc3c(-c4cc(-c5ccccc5)cc(-c5cc(-c6ccccc6)ccn5)c4)cccc32)c(-c2ccccc2)c1)(C([2H])([2H])[2H])C([2H])([2H])[2H]. The minimum Gasteiger partial charge on any atom is -0.507 e. The molecule has 0 saturated heterocycles. The van der Waals surface area contributed by atoms with Gasteiger partial charge in [-0.2, -0.15) is 0 Å². The summed E-state index contributed by atoms with van der Waals surface area (Å²) in [4.78, 5) is 9.82. The van der Waals surface area contributed by atoms with Gasteiger partial charge in [-0.3, -0.25) is 9.55 Å². The normalized spacial score (nSPS) is 20.2. The molecular weight excluding hydrogens is 779 g/mol. The molecule has 2 aromatic heterocycles. The van der Waals surface area contributed by atoms with Crippen LogP contribution in [0.1, 0.15) is 115 Å². The number of rotatable bonds is 7. The second-order valence-electron chi connectivity index (χ2n) is 15.7. The molecule has 4 nitrogen and oxygen atoms in total. The van der Waals surface area contributed by atoms with Crippen LogP contribution >= 0.6 is 0 Å². The van der Waals surface area contributed by atoms with Crippen molar-refractivity contribution in [1.29, 1.82) is 0 Å². The number of hydrogen-bond acceptors (Lipinski definition) is 3. The minimum absolute atomic E-state index is 0.0594. The molecule has 0 radical (unpaired) electrons. The molecule has 4 heteroatoms. The van der Waals surface area contributed by atoms with Crippen molar-refractivity contribution in [2.24, 2.45) is 0 Å². The van der Waals surface area contributed by atoms with Gasteiger partial charge in [0.25, 0.3) is 0 Å². The van der Waals surface area contributed by atoms with Crippen LogP contribution in [0.15, 0.2) is 176 Å². The lowest BCUT2D eigenvalue weighted by molar-refractivity contribution is 0.446. The fraction of sp³-hybridized carbons (Fsp3) is 0.200. The molecule has 0 spiro atoms. The van der Waals surface area contributed by atoms with Gasteiger partial charge < -0.3 is 5.11 Å². The largest absolute Gasteiger partial charge is 0.507 e. The third-order valence-corrected chi connectivity index (χ3v) is 11.1. The van der Waals surface area contributed by atoms with Gasteiger partial charge in [0.2, 0.25) is 0 Å². The van der Waals surface area contributed by atoms with E-state index < -0.39 is 112 Å². The number of para-hydroxylation sites is 1. The van der Waals surface area contributed by atoms with E-state index in [9.17, 15) is 5.11 Å². The average molecular weight is 863 g/mol. The molecule has 0 unspecified atom stereocenters. The molecule has 2 heterocycles. The Bertz CT molecular complexity index is 4060. The first-order valence-corrected chi connectivity index (χ1v) is 20.1. The topological polar surface area (TPSA) is 50.9 Å². The molecule has 0 amide bonds. The Kier molecular flexibility index (Phi) is 5.36. The summed E-state index contributed by atoms with van der Waals surface area (Å²) >= 11 is 0. The highest BCUT2D eigenvalue weighted by molar-refractivity contribution is 5.98. The van der Waals surface area contributed by atoms with E-state index in [0.717, 1.165) is 39.5 Å². The number of imidazole rings is 1. The van der Waals surface area contributed by atoms with Gasteiger partial charge in [-0.15, -0.1) is 0 Å². The van der Waals surface area contributed by atoms with Crippen LogP contribution in [0.3, 0.4) is 0 Å². The molecule has 9 rings (SSSR count). The van der Waals surface area contributed by atoms with E-state index in [1.54, 1.807) is 30.5 Å². The van der Waals surface area contributed by atoms with Crippen LogP contribution in [0, 0.1) is 0 Å². The van der Waals surface area contributed by atoms with Crippen LogP contribution < -0.4 is 0 Å². The van der Waals surface area contributed by atoms with Crippen LogP contribution in [0.4, 0.5) is 0 Å². The van der Waals surface area contributed by atoms with Gasteiger partial charge in [-0.05, 0) is 115 Å². The lowest BCUT2D eigenvalue weighted by Gasteiger charge is -2.28. The average Bonchev–Trinajstić information content (AvgIpc) is 1.06. The monoisotopic (exact) mass is 863 g/mol. The summed E-state index contributed by atoms with van der Waals surface area (Å²) in [6.07, 6.45) is 1.63. The van der Waals surface area contributed by atoms with Crippen molar-refractivity contribution < 1.29 is 42.1 Å². The zero-order valence-corrected chi connectivity index (χ0v) is 34.0. The number of nitrogens with zero attached hydrogens (tertiary/aromatic N) is 3. The molecule has 318 valence electrons. The molecule has 64 heavy (non-hydrogen) atoms. The smallest absolute Gasteiger partial charge is 0.149 e. The van der Waals surface area contributed by atoms with Gasteiger partial charge in [0, 0.05) is 65.5 Å². The number of pyridine rings is 1. The Balaban J connectivity index is 1.55. The Morgan fingerprint density at radius 2 is 1.05 bits per heavy atom. The second kappa shape index (κ2) is 16.3. The predicted octanol–water partition coefficient (Wildman–Crippen LogP) is 16.0. The highest BCUT2D eigenvalue weighted by Crippen LogP contribution is 2.46. The molecule has 0 aliphatic heterocycles. The van der Waals surface area contributed by atoms with Crippen LogP contribution in [0.2, 0.25) is 0 Å². The van der Waals surface area contributed by atoms with Crippen LogP contribution in [0.25, 0.3) is 83.9 Å². The summed E-state index contributed by atoms with van der Waals surface area (Å²) in [6, 6.07) is 43.6. The van der Waals surface area contributed by atoms with Crippen LogP contribution in [-0.4, -0.2) is 19.6 Å². The summed E-state index contributed by atoms with van der Waals surface area (Å²) < 4.78 is 238. The van der Waals surface area contributed by atoms with Gasteiger partial charge in [-0.25, -0.2) is 4.98 Å². The highest BCUT2D eigenvalue weighted by atomic mass is 16.3. The number of phenolic OH excluding ortho intramolecular Hbond substituents is 1. The number of phenols is 1. The van der Waals surface area contributed by atoms with E-state index in [2.05, 4.69) is 0 Å². The Hall–Kier alpha value is -7.04. The minimum atomic E-state index is -4.33. The molecule has 0 atom stereocenters. The summed E-state index contributed by atoms with van der Waals surface area (Å²) in [5.74, 6) is -2.33. The molecule has 0 bridgehead atoms. The molecule has 0 aliphatic rings.